The molecule has 0 aliphatic carbocycles. The molecule has 0 spiro atoms. The van der Waals surface area contributed by atoms with E-state index in [4.69, 9.17) is 54.2 Å². The molecular formula is C91H91BrF6N12O11S. The number of rotatable bonds is 26. The van der Waals surface area contributed by atoms with Gasteiger partial charge in [0.1, 0.15) is 79.7 Å². The van der Waals surface area contributed by atoms with E-state index in [2.05, 4.69) is 15.9 Å². The van der Waals surface area contributed by atoms with Crippen molar-refractivity contribution in [3.05, 3.63) is 295 Å². The fourth-order valence-corrected chi connectivity index (χ4v) is 16.3. The first-order valence-corrected chi connectivity index (χ1v) is 41.5. The second-order valence-corrected chi connectivity index (χ2v) is 32.9. The summed E-state index contributed by atoms with van der Waals surface area (Å²) in [5, 5.41) is 3.09. The van der Waals surface area contributed by atoms with Gasteiger partial charge in [-0.25, -0.2) is 28.1 Å². The van der Waals surface area contributed by atoms with Gasteiger partial charge in [0.15, 0.2) is 4.67 Å². The molecule has 0 radical (unpaired) electrons. The van der Waals surface area contributed by atoms with Crippen molar-refractivity contribution in [3.8, 4) is 0 Å². The normalized spacial score (nSPS) is 12.6. The molecule has 31 heteroatoms. The lowest BCUT2D eigenvalue weighted by molar-refractivity contribution is -0.153. The van der Waals surface area contributed by atoms with Gasteiger partial charge < -0.3 is 54.0 Å². The third kappa shape index (κ3) is 18.7. The van der Waals surface area contributed by atoms with Crippen LogP contribution >= 0.6 is 27.3 Å². The van der Waals surface area contributed by atoms with E-state index in [1.807, 2.05) is 117 Å². The number of nitrogens with zero attached hydrogens (tertiary/aromatic N) is 9. The van der Waals surface area contributed by atoms with Gasteiger partial charge in [-0.3, -0.25) is 42.5 Å². The maximum Gasteiger partial charge on any atom is 0.449 e. The van der Waals surface area contributed by atoms with Gasteiger partial charge in [-0.2, -0.15) is 13.2 Å². The Labute approximate surface area is 708 Å². The van der Waals surface area contributed by atoms with E-state index in [0.717, 1.165) is 43.8 Å². The number of fused-ring (bicyclic) bond motifs is 9. The maximum atomic E-state index is 14.3. The van der Waals surface area contributed by atoms with E-state index in [0.29, 0.717) is 105 Å². The third-order valence-electron chi connectivity index (χ3n) is 20.9. The Morgan fingerprint density at radius 3 is 1.08 bits per heavy atom. The minimum absolute atomic E-state index is 0.0100. The second-order valence-electron chi connectivity index (χ2n) is 31.1. The Balaban J connectivity index is 0.000000158. The molecule has 6 aromatic carbocycles. The van der Waals surface area contributed by atoms with E-state index < -0.39 is 65.2 Å². The van der Waals surface area contributed by atoms with Crippen LogP contribution in [0.2, 0.25) is 0 Å². The molecule has 15 aromatic rings. The molecular weight excluding hydrogens is 1660 g/mol. The van der Waals surface area contributed by atoms with E-state index in [1.54, 1.807) is 74.2 Å². The van der Waals surface area contributed by atoms with Gasteiger partial charge in [0, 0.05) is 63.9 Å². The molecule has 0 aliphatic rings. The molecule has 0 saturated heterocycles. The first kappa shape index (κ1) is 87.8. The fraction of sp³-hybridized carbons (Fsp3) is 0.308. The minimum Gasteiger partial charge on any atom is -0.455 e. The van der Waals surface area contributed by atoms with Gasteiger partial charge in [-0.1, -0.05) is 94.6 Å². The lowest BCUT2D eigenvalue weighted by atomic mass is 9.99. The maximum absolute atomic E-state index is 14.3. The Hall–Kier alpha value is -12.0. The molecule has 9 aromatic heterocycles. The molecule has 15 rings (SSSR count). The lowest BCUT2D eigenvalue weighted by Crippen LogP contribution is -2.43. The van der Waals surface area contributed by atoms with Crippen LogP contribution in [0.5, 0.6) is 0 Å². The first-order valence-electron chi connectivity index (χ1n) is 39.8. The smallest absolute Gasteiger partial charge is 0.449 e. The molecule has 3 atom stereocenters. The van der Waals surface area contributed by atoms with Crippen LogP contribution < -0.4 is 33.9 Å². The number of halogens is 7. The van der Waals surface area contributed by atoms with Crippen molar-refractivity contribution in [2.75, 3.05) is 39.3 Å². The molecule has 0 unspecified atom stereocenters. The van der Waals surface area contributed by atoms with Crippen LogP contribution in [0.3, 0.4) is 0 Å². The predicted octanol–water partition coefficient (Wildman–Crippen LogP) is 18.4. The first-order chi connectivity index (χ1) is 58.2. The van der Waals surface area contributed by atoms with Crippen LogP contribution in [0.1, 0.15) is 165 Å². The van der Waals surface area contributed by atoms with Crippen molar-refractivity contribution >= 4 is 111 Å². The molecule has 0 fully saturated rings. The zero-order valence-corrected chi connectivity index (χ0v) is 71.0. The highest BCUT2D eigenvalue weighted by Gasteiger charge is 2.40. The highest BCUT2D eigenvalue weighted by molar-refractivity contribution is 9.10. The van der Waals surface area contributed by atoms with Gasteiger partial charge in [0.25, 0.3) is 34.4 Å². The van der Waals surface area contributed by atoms with Crippen molar-refractivity contribution in [1.29, 1.82) is 0 Å². The SMILES string of the molecule is Cc1ccc(C(=O)N(CCCN)[C@@H](c2nc3c(oc4ccc(F)cc43)c(=O)n2Cc2cc(C)cs2)C(C)C)cc1.Cc1ccc(C(=O)N(CCCN)[C@@H](c2nc3c(oc4ccc(F)cc43)c(=O)n2Cc2ccc(Br)o2)C(C)C)cc1.Cc1ccc(C(=O)N(CCN)[C@@H](c2nc3c(oc4ccc(F)cc43)c(=O)n2Cc2ccc(C(F)(F)F)o2)C(C)C)cc1. The van der Waals surface area contributed by atoms with Gasteiger partial charge in [-0.15, -0.1) is 11.3 Å². The van der Waals surface area contributed by atoms with Crippen molar-refractivity contribution < 1.29 is 62.8 Å². The topological polar surface area (TPSA) is 309 Å². The number of furan rings is 5. The van der Waals surface area contributed by atoms with Crippen LogP contribution in [0.15, 0.2) is 204 Å². The monoisotopic (exact) mass is 1750 g/mol. The van der Waals surface area contributed by atoms with Crippen LogP contribution in [0.4, 0.5) is 26.3 Å². The molecule has 0 aliphatic heterocycles. The number of thiophene rings is 1. The summed E-state index contributed by atoms with van der Waals surface area (Å²) in [6.07, 6.45) is -3.59. The number of nitrogens with two attached hydrogens (primary N) is 3. The average Bonchev–Trinajstić information content (AvgIpc) is 1.55. The van der Waals surface area contributed by atoms with Crippen LogP contribution in [0.25, 0.3) is 66.2 Å². The third-order valence-corrected chi connectivity index (χ3v) is 22.4. The molecule has 6 N–H and O–H groups in total. The highest BCUT2D eigenvalue weighted by atomic mass is 79.9. The van der Waals surface area contributed by atoms with Crippen LogP contribution in [0, 0.1) is 62.9 Å². The second kappa shape index (κ2) is 37.1. The summed E-state index contributed by atoms with van der Waals surface area (Å²) in [6, 6.07) is 39.0. The predicted molar refractivity (Wildman–Crippen MR) is 459 cm³/mol. The Kier molecular flexibility index (Phi) is 26.7. The van der Waals surface area contributed by atoms with Crippen molar-refractivity contribution in [2.45, 2.75) is 126 Å². The van der Waals surface area contributed by atoms with Gasteiger partial charge in [-0.05, 0) is 220 Å². The standard InChI is InChI=1S/C31H33FN4O3S.C30H30BrFN4O4.C30H28F4N4O4/c1-18(2)27(35(13-5-12-33)30(37)21-8-6-19(3)7-9-21)29-34-26-24-15-22(32)10-11-25(24)39-28(26)31(38)36(29)16-23-14-20(4)17-40-23;1-17(2)26(35(14-4-13-33)29(37)19-7-5-18(3)6-8-19)28-34-25-22-15-20(32)9-11-23(22)40-27(25)30(38)36(28)16-21-10-12-24(31)39-21;1-16(2)25(37(13-12-35)28(39)18-6-4-17(3)5-7-18)27-36-24-21-14-19(31)8-10-22(21)42-26(24)29(40)38(27)15-20-9-11-23(41-20)30(32,33)34/h6-11,14-15,17-18,27H,5,12-13,16,33H2,1-4H3;5-12,15,17,26H,4,13-14,16,33H2,1-3H3;4-11,14,16,25H,12-13,15,35H2,1-3H3/t27-;26-;25-/m111/s1. The molecule has 0 saturated carbocycles. The van der Waals surface area contributed by atoms with Crippen molar-refractivity contribution in [1.82, 2.24) is 43.4 Å². The van der Waals surface area contributed by atoms with E-state index in [1.165, 1.54) is 64.1 Å². The number of aromatic nitrogens is 6. The number of alkyl halides is 3. The number of carbonyl (C=O) groups excluding carboxylic acids is 3. The number of amides is 3. The summed E-state index contributed by atoms with van der Waals surface area (Å²) in [6.45, 7) is 21.0. The summed E-state index contributed by atoms with van der Waals surface area (Å²) in [4.78, 5) is 105. The van der Waals surface area contributed by atoms with Gasteiger partial charge in [0.2, 0.25) is 22.5 Å². The molecule has 0 bridgehead atoms. The molecule has 636 valence electrons. The van der Waals surface area contributed by atoms with E-state index >= 15 is 0 Å². The largest absolute Gasteiger partial charge is 0.455 e. The van der Waals surface area contributed by atoms with Crippen LogP contribution in [-0.2, 0) is 25.8 Å². The number of carbonyl (C=O) groups is 3. The molecule has 122 heavy (non-hydrogen) atoms. The summed E-state index contributed by atoms with van der Waals surface area (Å²) in [5.41, 5.74) is 23.2. The summed E-state index contributed by atoms with van der Waals surface area (Å²) in [7, 11) is 0. The number of aryl methyl sites for hydroxylation is 4. The number of hydrogen-bond donors (Lipinski definition) is 3. The zero-order chi connectivity index (χ0) is 87.4. The number of hydrogen-bond acceptors (Lipinski definition) is 18. The zero-order valence-electron chi connectivity index (χ0n) is 68.6. The quantitative estimate of drug-likeness (QED) is 0.0424. The van der Waals surface area contributed by atoms with Gasteiger partial charge >= 0.3 is 6.18 Å². The summed E-state index contributed by atoms with van der Waals surface area (Å²) < 4.78 is 116. The molecule has 9 heterocycles. The van der Waals surface area contributed by atoms with E-state index in [-0.39, 0.29) is 118 Å². The molecule has 23 nitrogen and oxygen atoms in total. The summed E-state index contributed by atoms with van der Waals surface area (Å²) in [5.74, 6) is -2.86. The fourth-order valence-electron chi connectivity index (χ4n) is 15.1. The molecule has 3 amide bonds. The van der Waals surface area contributed by atoms with Gasteiger partial charge in [0.05, 0.1) is 37.8 Å². The van der Waals surface area contributed by atoms with E-state index in [9.17, 15) is 55.1 Å². The average molecular weight is 1750 g/mol. The van der Waals surface area contributed by atoms with Crippen molar-refractivity contribution in [3.63, 3.8) is 0 Å². The summed E-state index contributed by atoms with van der Waals surface area (Å²) >= 11 is 4.87. The van der Waals surface area contributed by atoms with Crippen LogP contribution in [-0.4, -0.2) is 100 Å². The van der Waals surface area contributed by atoms with Crippen molar-refractivity contribution in [2.24, 2.45) is 35.0 Å². The number of benzene rings is 6. The Morgan fingerprint density at radius 1 is 0.434 bits per heavy atom. The Bertz CT molecular complexity index is 6280. The minimum atomic E-state index is -4.73. The lowest BCUT2D eigenvalue weighted by Gasteiger charge is -2.35. The highest BCUT2D eigenvalue weighted by Crippen LogP contribution is 2.39. The Morgan fingerprint density at radius 2 is 0.779 bits per heavy atom.